The van der Waals surface area contributed by atoms with Crippen molar-refractivity contribution in [1.82, 2.24) is 19.8 Å². The Balaban J connectivity index is 1.75. The molecule has 0 aliphatic carbocycles. The van der Waals surface area contributed by atoms with Gasteiger partial charge in [0.05, 0.1) is 31.3 Å². The molecule has 1 saturated heterocycles. The molecule has 154 valence electrons. The van der Waals surface area contributed by atoms with Crippen molar-refractivity contribution in [3.8, 4) is 5.69 Å². The molecule has 0 radical (unpaired) electrons. The topological polar surface area (TPSA) is 59.4 Å². The van der Waals surface area contributed by atoms with Crippen LogP contribution in [-0.2, 0) is 9.53 Å². The highest BCUT2D eigenvalue weighted by atomic mass is 32.1. The fraction of sp³-hybridized carbons (Fsp3) is 0.261. The maximum atomic E-state index is 11.8. The van der Waals surface area contributed by atoms with Crippen molar-refractivity contribution in [3.63, 3.8) is 0 Å². The van der Waals surface area contributed by atoms with Gasteiger partial charge >= 0.3 is 5.97 Å². The lowest BCUT2D eigenvalue weighted by Crippen LogP contribution is -2.32. The number of esters is 1. The number of aromatic nitrogens is 2. The molecule has 1 aliphatic rings. The van der Waals surface area contributed by atoms with Crippen LogP contribution < -0.4 is 5.32 Å². The number of nitrogens with one attached hydrogen (secondary N) is 1. The van der Waals surface area contributed by atoms with Crippen LogP contribution in [0.15, 0.2) is 67.0 Å². The number of pyridine rings is 1. The van der Waals surface area contributed by atoms with Crippen molar-refractivity contribution in [2.24, 2.45) is 0 Å². The normalized spacial score (nSPS) is 18.3. The average molecular weight is 421 g/mol. The zero-order chi connectivity index (χ0) is 21.1. The fourth-order valence-electron chi connectivity index (χ4n) is 3.86. The molecule has 7 heteroatoms. The molecular weight excluding hydrogens is 396 g/mol. The van der Waals surface area contributed by atoms with E-state index in [4.69, 9.17) is 17.0 Å². The van der Waals surface area contributed by atoms with Crippen LogP contribution in [0.25, 0.3) is 5.69 Å². The van der Waals surface area contributed by atoms with Crippen molar-refractivity contribution in [2.45, 2.75) is 25.4 Å². The number of rotatable bonds is 6. The van der Waals surface area contributed by atoms with E-state index in [1.54, 1.807) is 6.20 Å². The van der Waals surface area contributed by atoms with E-state index in [2.05, 4.69) is 63.2 Å². The number of ether oxygens (including phenoxy) is 1. The highest BCUT2D eigenvalue weighted by Crippen LogP contribution is 2.39. The van der Waals surface area contributed by atoms with Gasteiger partial charge < -0.3 is 19.5 Å². The molecule has 1 aliphatic heterocycles. The Kier molecular flexibility index (Phi) is 5.81. The van der Waals surface area contributed by atoms with Gasteiger partial charge in [-0.1, -0.05) is 23.8 Å². The molecule has 6 nitrogen and oxygen atoms in total. The third kappa shape index (κ3) is 3.93. The minimum Gasteiger partial charge on any atom is -0.469 e. The zero-order valence-electron chi connectivity index (χ0n) is 17.0. The van der Waals surface area contributed by atoms with E-state index >= 15 is 0 Å². The molecule has 3 heterocycles. The highest BCUT2D eigenvalue weighted by Gasteiger charge is 2.41. The van der Waals surface area contributed by atoms with E-state index in [0.717, 1.165) is 17.1 Å². The Hall–Kier alpha value is -3.19. The van der Waals surface area contributed by atoms with Crippen LogP contribution in [0.3, 0.4) is 0 Å². The Bertz CT molecular complexity index is 1030. The summed E-state index contributed by atoms with van der Waals surface area (Å²) < 4.78 is 7.01. The summed E-state index contributed by atoms with van der Waals surface area (Å²) in [5, 5.41) is 4.03. The number of benzene rings is 1. The van der Waals surface area contributed by atoms with Crippen LogP contribution in [0.5, 0.6) is 0 Å². The zero-order valence-corrected chi connectivity index (χ0v) is 17.8. The largest absolute Gasteiger partial charge is 0.469 e. The first-order valence-corrected chi connectivity index (χ1v) is 10.3. The summed E-state index contributed by atoms with van der Waals surface area (Å²) in [5.74, 6) is -0.258. The molecule has 30 heavy (non-hydrogen) atoms. The highest BCUT2D eigenvalue weighted by molar-refractivity contribution is 7.80. The first-order chi connectivity index (χ1) is 14.6. The van der Waals surface area contributed by atoms with E-state index < -0.39 is 0 Å². The number of carbonyl (C=O) groups is 1. The summed E-state index contributed by atoms with van der Waals surface area (Å²) in [6.07, 6.45) is 4.09. The van der Waals surface area contributed by atoms with Gasteiger partial charge in [-0.2, -0.15) is 0 Å². The summed E-state index contributed by atoms with van der Waals surface area (Å²) >= 11 is 5.66. The van der Waals surface area contributed by atoms with E-state index in [-0.39, 0.29) is 24.5 Å². The predicted octanol–water partition coefficient (Wildman–Crippen LogP) is 3.72. The molecule has 3 aromatic rings. The molecule has 0 spiro atoms. The van der Waals surface area contributed by atoms with Crippen LogP contribution in [0.1, 0.15) is 35.5 Å². The number of hydrogen-bond donors (Lipinski definition) is 1. The van der Waals surface area contributed by atoms with Gasteiger partial charge in [0, 0.05) is 30.3 Å². The standard InChI is InChI=1S/C23H24N4O2S/c1-16-8-10-17(11-9-16)26-14-5-7-19(26)22-21(18-6-3-4-13-24-18)25-23(30)27(22)15-12-20(28)29-2/h3-11,13-14,21-22H,12,15H2,1-2H3,(H,25,30). The first kappa shape index (κ1) is 20.1. The monoisotopic (exact) mass is 420 g/mol. The molecule has 0 amide bonds. The summed E-state index contributed by atoms with van der Waals surface area (Å²) in [5.41, 5.74) is 4.27. The third-order valence-electron chi connectivity index (χ3n) is 5.38. The lowest BCUT2D eigenvalue weighted by atomic mass is 10.0. The van der Waals surface area contributed by atoms with Crippen molar-refractivity contribution < 1.29 is 9.53 Å². The maximum Gasteiger partial charge on any atom is 0.307 e. The minimum absolute atomic E-state index is 0.117. The molecule has 0 saturated carbocycles. The van der Waals surface area contributed by atoms with E-state index in [1.165, 1.54) is 12.7 Å². The van der Waals surface area contributed by atoms with E-state index in [0.29, 0.717) is 11.7 Å². The SMILES string of the molecule is COC(=O)CCN1C(=S)NC(c2ccccn2)C1c1cccn1-c1ccc(C)cc1. The number of nitrogens with zero attached hydrogens (tertiary/aromatic N) is 3. The Morgan fingerprint density at radius 2 is 1.97 bits per heavy atom. The van der Waals surface area contributed by atoms with Crippen LogP contribution in [0.2, 0.25) is 0 Å². The van der Waals surface area contributed by atoms with Crippen molar-refractivity contribution in [3.05, 3.63) is 83.9 Å². The van der Waals surface area contributed by atoms with Crippen LogP contribution in [0.4, 0.5) is 0 Å². The molecule has 1 aromatic carbocycles. The summed E-state index contributed by atoms with van der Waals surface area (Å²) in [6.45, 7) is 2.54. The Morgan fingerprint density at radius 3 is 2.67 bits per heavy atom. The number of thiocarbonyl (C=S) groups is 1. The molecular formula is C23H24N4O2S. The van der Waals surface area contributed by atoms with Crippen molar-refractivity contribution in [2.75, 3.05) is 13.7 Å². The molecule has 2 unspecified atom stereocenters. The Morgan fingerprint density at radius 1 is 1.17 bits per heavy atom. The van der Waals surface area contributed by atoms with Gasteiger partial charge in [-0.25, -0.2) is 0 Å². The molecule has 2 aromatic heterocycles. The molecule has 1 N–H and O–H groups in total. The second kappa shape index (κ2) is 8.67. The smallest absolute Gasteiger partial charge is 0.307 e. The fourth-order valence-corrected chi connectivity index (χ4v) is 4.19. The third-order valence-corrected chi connectivity index (χ3v) is 5.73. The number of hydrogen-bond acceptors (Lipinski definition) is 4. The summed E-state index contributed by atoms with van der Waals surface area (Å²) in [4.78, 5) is 18.4. The number of aryl methyl sites for hydroxylation is 1. The van der Waals surface area contributed by atoms with E-state index in [1.807, 2.05) is 24.3 Å². The first-order valence-electron chi connectivity index (χ1n) is 9.87. The van der Waals surface area contributed by atoms with Gasteiger partial charge in [0.15, 0.2) is 5.11 Å². The Labute approximate surface area is 181 Å². The van der Waals surface area contributed by atoms with Gasteiger partial charge in [0.1, 0.15) is 0 Å². The average Bonchev–Trinajstić information content (AvgIpc) is 3.37. The molecule has 4 rings (SSSR count). The molecule has 2 atom stereocenters. The quantitative estimate of drug-likeness (QED) is 0.485. The minimum atomic E-state index is -0.258. The number of carbonyl (C=O) groups excluding carboxylic acids is 1. The van der Waals surface area contributed by atoms with Crippen LogP contribution in [-0.4, -0.2) is 39.2 Å². The van der Waals surface area contributed by atoms with Crippen LogP contribution >= 0.6 is 12.2 Å². The van der Waals surface area contributed by atoms with Gasteiger partial charge in [0.25, 0.3) is 0 Å². The molecule has 1 fully saturated rings. The second-order valence-electron chi connectivity index (χ2n) is 7.28. The summed E-state index contributed by atoms with van der Waals surface area (Å²) in [6, 6.07) is 18.2. The molecule has 0 bridgehead atoms. The predicted molar refractivity (Wildman–Crippen MR) is 119 cm³/mol. The van der Waals surface area contributed by atoms with Gasteiger partial charge in [-0.3, -0.25) is 9.78 Å². The second-order valence-corrected chi connectivity index (χ2v) is 7.67. The van der Waals surface area contributed by atoms with Gasteiger partial charge in [0.2, 0.25) is 0 Å². The summed E-state index contributed by atoms with van der Waals surface area (Å²) in [7, 11) is 1.40. The lowest BCUT2D eigenvalue weighted by Gasteiger charge is -2.28. The van der Waals surface area contributed by atoms with Gasteiger partial charge in [-0.05, 0) is 55.5 Å². The van der Waals surface area contributed by atoms with Gasteiger partial charge in [-0.15, -0.1) is 0 Å². The lowest BCUT2D eigenvalue weighted by molar-refractivity contribution is -0.140. The number of methoxy groups -OCH3 is 1. The maximum absolute atomic E-state index is 11.8. The van der Waals surface area contributed by atoms with Crippen LogP contribution in [0, 0.1) is 6.92 Å². The van der Waals surface area contributed by atoms with E-state index in [9.17, 15) is 4.79 Å². The van der Waals surface area contributed by atoms with Crippen molar-refractivity contribution >= 4 is 23.3 Å². The van der Waals surface area contributed by atoms with Crippen molar-refractivity contribution in [1.29, 1.82) is 0 Å².